The lowest BCUT2D eigenvalue weighted by molar-refractivity contribution is 0.266. The maximum Gasteiger partial charge on any atom is 0.332 e. The van der Waals surface area contributed by atoms with Crippen LogP contribution < -0.4 is 16.0 Å². The number of aromatic nitrogens is 3. The summed E-state index contributed by atoms with van der Waals surface area (Å²) in [7, 11) is 0. The number of hydrogen-bond donors (Lipinski definition) is 2. The van der Waals surface area contributed by atoms with Gasteiger partial charge in [0, 0.05) is 35.8 Å². The maximum atomic E-state index is 12.0. The summed E-state index contributed by atoms with van der Waals surface area (Å²) in [6.45, 7) is 0.784. The second kappa shape index (κ2) is 7.76. The van der Waals surface area contributed by atoms with Crippen LogP contribution in [-0.2, 0) is 0 Å². The molecule has 2 aromatic heterocycles. The Hall–Kier alpha value is -2.93. The van der Waals surface area contributed by atoms with Crippen LogP contribution in [0.2, 0.25) is 0 Å². The highest BCUT2D eigenvalue weighted by Gasteiger charge is 2.07. The van der Waals surface area contributed by atoms with E-state index in [1.807, 2.05) is 18.2 Å². The van der Waals surface area contributed by atoms with Gasteiger partial charge in [-0.3, -0.25) is 19.3 Å². The number of unbranched alkanes of at least 4 members (excludes halogenated alkanes) is 2. The molecular formula is C18H19N3O4. The average Bonchev–Trinajstić information content (AvgIpc) is 2.61. The maximum absolute atomic E-state index is 12.0. The molecule has 3 rings (SSSR count). The molecule has 0 spiro atoms. The van der Waals surface area contributed by atoms with E-state index in [-0.39, 0.29) is 6.61 Å². The molecule has 7 heteroatoms. The summed E-state index contributed by atoms with van der Waals surface area (Å²) in [6, 6.07) is 6.88. The summed E-state index contributed by atoms with van der Waals surface area (Å²) in [5.41, 5.74) is -0.356. The molecule has 0 radical (unpaired) electrons. The van der Waals surface area contributed by atoms with Gasteiger partial charge >= 0.3 is 5.69 Å². The Balaban J connectivity index is 1.87. The molecule has 130 valence electrons. The van der Waals surface area contributed by atoms with E-state index in [2.05, 4.69) is 9.97 Å². The fourth-order valence-electron chi connectivity index (χ4n) is 2.61. The molecule has 0 fully saturated rings. The Morgan fingerprint density at radius 3 is 2.80 bits per heavy atom. The summed E-state index contributed by atoms with van der Waals surface area (Å²) >= 11 is 0. The molecule has 2 N–H and O–H groups in total. The Morgan fingerprint density at radius 2 is 2.00 bits per heavy atom. The molecule has 25 heavy (non-hydrogen) atoms. The van der Waals surface area contributed by atoms with Crippen molar-refractivity contribution in [3.8, 4) is 11.4 Å². The van der Waals surface area contributed by atoms with Gasteiger partial charge in [-0.2, -0.15) is 0 Å². The highest BCUT2D eigenvalue weighted by atomic mass is 16.5. The average molecular weight is 341 g/mol. The third-order valence-electron chi connectivity index (χ3n) is 3.86. The molecule has 0 saturated heterocycles. The number of nitrogens with one attached hydrogen (secondary N) is 1. The number of hydrogen-bond acceptors (Lipinski definition) is 5. The topological polar surface area (TPSA) is 97.2 Å². The van der Waals surface area contributed by atoms with Crippen LogP contribution in [0.5, 0.6) is 5.75 Å². The van der Waals surface area contributed by atoms with Gasteiger partial charge in [-0.1, -0.05) is 0 Å². The van der Waals surface area contributed by atoms with Crippen LogP contribution in [0.15, 0.2) is 52.4 Å². The fourth-order valence-corrected chi connectivity index (χ4v) is 2.61. The molecule has 0 unspecified atom stereocenters. The second-order valence-corrected chi connectivity index (χ2v) is 5.65. The van der Waals surface area contributed by atoms with E-state index in [0.717, 1.165) is 35.8 Å². The van der Waals surface area contributed by atoms with E-state index in [9.17, 15) is 9.59 Å². The number of ether oxygens (including phenoxy) is 1. The number of pyridine rings is 1. The van der Waals surface area contributed by atoms with Gasteiger partial charge in [-0.25, -0.2) is 4.79 Å². The van der Waals surface area contributed by atoms with Gasteiger partial charge in [0.15, 0.2) is 0 Å². The molecule has 0 saturated carbocycles. The van der Waals surface area contributed by atoms with Crippen molar-refractivity contribution < 1.29 is 9.84 Å². The molecule has 1 aromatic carbocycles. The van der Waals surface area contributed by atoms with Gasteiger partial charge in [0.1, 0.15) is 5.75 Å². The van der Waals surface area contributed by atoms with E-state index >= 15 is 0 Å². The minimum absolute atomic E-state index is 0.203. The van der Waals surface area contributed by atoms with Crippen LogP contribution in [0.3, 0.4) is 0 Å². The van der Waals surface area contributed by atoms with Gasteiger partial charge in [-0.05, 0) is 37.5 Å². The van der Waals surface area contributed by atoms with E-state index in [4.69, 9.17) is 9.84 Å². The predicted octanol–water partition coefficient (Wildman–Crippen LogP) is 1.62. The first kappa shape index (κ1) is 16.9. The van der Waals surface area contributed by atoms with Crippen LogP contribution in [-0.4, -0.2) is 32.9 Å². The molecule has 0 aliphatic carbocycles. The quantitative estimate of drug-likeness (QED) is 0.637. The Labute approximate surface area is 143 Å². The lowest BCUT2D eigenvalue weighted by Gasteiger charge is -2.10. The normalized spacial score (nSPS) is 10.9. The van der Waals surface area contributed by atoms with Crippen LogP contribution in [0.4, 0.5) is 0 Å². The first-order valence-corrected chi connectivity index (χ1v) is 8.13. The van der Waals surface area contributed by atoms with Crippen molar-refractivity contribution in [1.29, 1.82) is 0 Å². The second-order valence-electron chi connectivity index (χ2n) is 5.65. The molecule has 0 aliphatic heterocycles. The molecule has 3 aromatic rings. The SMILES string of the molecule is O=c1ccn(-c2cncc3cc(OCCCCCO)ccc23)c(=O)[nH]1. The molecule has 2 heterocycles. The number of benzene rings is 1. The van der Waals surface area contributed by atoms with Crippen LogP contribution in [0, 0.1) is 0 Å². The summed E-state index contributed by atoms with van der Waals surface area (Å²) in [5, 5.41) is 10.4. The molecule has 0 atom stereocenters. The van der Waals surface area contributed by atoms with Crippen molar-refractivity contribution in [1.82, 2.24) is 14.5 Å². The van der Waals surface area contributed by atoms with Crippen molar-refractivity contribution >= 4 is 10.8 Å². The predicted molar refractivity (Wildman–Crippen MR) is 94.4 cm³/mol. The number of aromatic amines is 1. The van der Waals surface area contributed by atoms with E-state index in [0.29, 0.717) is 12.3 Å². The highest BCUT2D eigenvalue weighted by Crippen LogP contribution is 2.24. The summed E-state index contributed by atoms with van der Waals surface area (Å²) in [5.74, 6) is 0.726. The van der Waals surface area contributed by atoms with Crippen molar-refractivity contribution in [3.63, 3.8) is 0 Å². The minimum atomic E-state index is -0.508. The monoisotopic (exact) mass is 341 g/mol. The van der Waals surface area contributed by atoms with Crippen LogP contribution in [0.25, 0.3) is 16.5 Å². The van der Waals surface area contributed by atoms with Crippen molar-refractivity contribution in [2.24, 2.45) is 0 Å². The van der Waals surface area contributed by atoms with Crippen LogP contribution in [0.1, 0.15) is 19.3 Å². The fraction of sp³-hybridized carbons (Fsp3) is 0.278. The molecule has 0 aliphatic rings. The lowest BCUT2D eigenvalue weighted by Crippen LogP contribution is -2.27. The number of H-pyrrole nitrogens is 1. The van der Waals surface area contributed by atoms with Crippen molar-refractivity contribution in [2.45, 2.75) is 19.3 Å². The smallest absolute Gasteiger partial charge is 0.332 e. The summed E-state index contributed by atoms with van der Waals surface area (Å²) < 4.78 is 7.07. The standard InChI is InChI=1S/C18H19N3O4/c22-8-2-1-3-9-25-14-4-5-15-13(10-14)11-19-12-16(15)21-7-6-17(23)20-18(21)24/h4-7,10-12,22H,1-3,8-9H2,(H,20,23,24). The zero-order valence-corrected chi connectivity index (χ0v) is 13.6. The molecular weight excluding hydrogens is 322 g/mol. The number of aliphatic hydroxyl groups excluding tert-OH is 1. The zero-order valence-electron chi connectivity index (χ0n) is 13.6. The molecule has 0 bridgehead atoms. The molecule has 7 nitrogen and oxygen atoms in total. The first-order chi connectivity index (χ1) is 12.2. The number of aliphatic hydroxyl groups is 1. The van der Waals surface area contributed by atoms with E-state index < -0.39 is 11.2 Å². The minimum Gasteiger partial charge on any atom is -0.494 e. The van der Waals surface area contributed by atoms with Gasteiger partial charge in [-0.15, -0.1) is 0 Å². The van der Waals surface area contributed by atoms with Crippen molar-refractivity contribution in [2.75, 3.05) is 13.2 Å². The molecule has 0 amide bonds. The van der Waals surface area contributed by atoms with Gasteiger partial charge < -0.3 is 9.84 Å². The summed E-state index contributed by atoms with van der Waals surface area (Å²) in [4.78, 5) is 29.7. The van der Waals surface area contributed by atoms with E-state index in [1.54, 1.807) is 12.4 Å². The van der Waals surface area contributed by atoms with Crippen molar-refractivity contribution in [3.05, 3.63) is 63.7 Å². The van der Waals surface area contributed by atoms with Gasteiger partial charge in [0.05, 0.1) is 18.5 Å². The number of rotatable bonds is 7. The number of fused-ring (bicyclic) bond motifs is 1. The Bertz CT molecular complexity index is 978. The van der Waals surface area contributed by atoms with Crippen LogP contribution >= 0.6 is 0 Å². The first-order valence-electron chi connectivity index (χ1n) is 8.13. The third-order valence-corrected chi connectivity index (χ3v) is 3.86. The van der Waals surface area contributed by atoms with E-state index in [1.165, 1.54) is 16.8 Å². The lowest BCUT2D eigenvalue weighted by atomic mass is 10.1. The largest absolute Gasteiger partial charge is 0.494 e. The number of nitrogens with zero attached hydrogens (tertiary/aromatic N) is 2. The Kier molecular flexibility index (Phi) is 5.25. The third kappa shape index (κ3) is 3.95. The summed E-state index contributed by atoms with van der Waals surface area (Å²) in [6.07, 6.45) is 7.30. The van der Waals surface area contributed by atoms with Gasteiger partial charge in [0.25, 0.3) is 5.56 Å². The Morgan fingerprint density at radius 1 is 1.12 bits per heavy atom. The zero-order chi connectivity index (χ0) is 17.6. The highest BCUT2D eigenvalue weighted by molar-refractivity contribution is 5.90. The van der Waals surface area contributed by atoms with Gasteiger partial charge in [0.2, 0.25) is 0 Å².